The largest absolute Gasteiger partial charge is 0.385 e. The van der Waals surface area contributed by atoms with Gasteiger partial charge in [0, 0.05) is 26.3 Å². The number of nitrogens with zero attached hydrogens (tertiary/aromatic N) is 3. The first-order valence-corrected chi connectivity index (χ1v) is 11.0. The van der Waals surface area contributed by atoms with E-state index < -0.39 is 0 Å². The van der Waals surface area contributed by atoms with Gasteiger partial charge in [0.25, 0.3) is 5.91 Å². The Morgan fingerprint density at radius 3 is 2.50 bits per heavy atom. The van der Waals surface area contributed by atoms with Crippen LogP contribution < -0.4 is 11.1 Å². The second-order valence-corrected chi connectivity index (χ2v) is 8.04. The number of fused-ring (bicyclic) bond motifs is 2. The molecule has 4 aromatic rings. The SMILES string of the molecule is COCCCn1c(N)c(C(=O)NC(C)CCc2ccccc2)c2nc3ccccc3nc21. The summed E-state index contributed by atoms with van der Waals surface area (Å²) in [5.41, 5.74) is 10.8. The maximum Gasteiger partial charge on any atom is 0.257 e. The van der Waals surface area contributed by atoms with E-state index in [0.717, 1.165) is 30.3 Å². The number of carbonyl (C=O) groups is 1. The lowest BCUT2D eigenvalue weighted by atomic mass is 10.1. The molecule has 1 atom stereocenters. The third kappa shape index (κ3) is 4.57. The molecule has 2 aromatic carbocycles. The monoisotopic (exact) mass is 431 g/mol. The quantitative estimate of drug-likeness (QED) is 0.391. The molecule has 0 saturated heterocycles. The average Bonchev–Trinajstić information content (AvgIpc) is 3.07. The molecule has 0 aliphatic carbocycles. The number of nitrogens with one attached hydrogen (secondary N) is 1. The maximum absolute atomic E-state index is 13.3. The van der Waals surface area contributed by atoms with Crippen molar-refractivity contribution in [3.05, 3.63) is 65.7 Å². The van der Waals surface area contributed by atoms with E-state index in [1.165, 1.54) is 5.56 Å². The highest BCUT2D eigenvalue weighted by molar-refractivity contribution is 6.10. The van der Waals surface area contributed by atoms with Gasteiger partial charge in [0.05, 0.1) is 11.0 Å². The Kier molecular flexibility index (Phi) is 6.66. The van der Waals surface area contributed by atoms with Gasteiger partial charge in [-0.25, -0.2) is 9.97 Å². The fraction of sp³-hybridized carbons (Fsp3) is 0.320. The molecule has 166 valence electrons. The molecule has 7 heteroatoms. The van der Waals surface area contributed by atoms with Crippen LogP contribution in [0.4, 0.5) is 5.82 Å². The van der Waals surface area contributed by atoms with Crippen molar-refractivity contribution >= 4 is 33.9 Å². The van der Waals surface area contributed by atoms with Gasteiger partial charge in [0.2, 0.25) is 0 Å². The predicted molar refractivity (Wildman–Crippen MR) is 128 cm³/mol. The molecule has 32 heavy (non-hydrogen) atoms. The van der Waals surface area contributed by atoms with E-state index in [1.54, 1.807) is 7.11 Å². The van der Waals surface area contributed by atoms with Gasteiger partial charge in [-0.05, 0) is 43.9 Å². The minimum Gasteiger partial charge on any atom is -0.385 e. The molecule has 1 amide bonds. The Morgan fingerprint density at radius 2 is 1.78 bits per heavy atom. The Labute approximate surface area is 187 Å². The van der Waals surface area contributed by atoms with Gasteiger partial charge in [-0.1, -0.05) is 42.5 Å². The number of aryl methyl sites for hydroxylation is 2. The first kappa shape index (κ1) is 21.8. The molecule has 0 aliphatic heterocycles. The number of nitrogen functional groups attached to an aromatic ring is 1. The number of hydrogen-bond donors (Lipinski definition) is 2. The van der Waals surface area contributed by atoms with Crippen LogP contribution in [-0.4, -0.2) is 40.2 Å². The summed E-state index contributed by atoms with van der Waals surface area (Å²) in [6.45, 7) is 3.20. The number of aromatic nitrogens is 3. The molecule has 0 bridgehead atoms. The predicted octanol–water partition coefficient (Wildman–Crippen LogP) is 3.95. The maximum atomic E-state index is 13.3. The molecule has 7 nitrogen and oxygen atoms in total. The first-order chi connectivity index (χ1) is 15.6. The van der Waals surface area contributed by atoms with Gasteiger partial charge in [0.15, 0.2) is 5.65 Å². The zero-order valence-electron chi connectivity index (χ0n) is 18.5. The number of ether oxygens (including phenoxy) is 1. The molecule has 1 unspecified atom stereocenters. The molecule has 0 aliphatic rings. The van der Waals surface area contributed by atoms with Crippen LogP contribution in [0.5, 0.6) is 0 Å². The van der Waals surface area contributed by atoms with E-state index in [2.05, 4.69) is 17.4 Å². The smallest absolute Gasteiger partial charge is 0.257 e. The first-order valence-electron chi connectivity index (χ1n) is 11.0. The van der Waals surface area contributed by atoms with E-state index in [0.29, 0.717) is 35.7 Å². The summed E-state index contributed by atoms with van der Waals surface area (Å²) in [5.74, 6) is 0.169. The fourth-order valence-electron chi connectivity index (χ4n) is 3.93. The van der Waals surface area contributed by atoms with Crippen LogP contribution >= 0.6 is 0 Å². The zero-order valence-corrected chi connectivity index (χ0v) is 18.5. The number of rotatable bonds is 9. The molecule has 3 N–H and O–H groups in total. The summed E-state index contributed by atoms with van der Waals surface area (Å²) < 4.78 is 7.06. The molecule has 2 heterocycles. The van der Waals surface area contributed by atoms with E-state index in [-0.39, 0.29) is 11.9 Å². The van der Waals surface area contributed by atoms with E-state index >= 15 is 0 Å². The summed E-state index contributed by atoms with van der Waals surface area (Å²) in [5, 5.41) is 3.10. The lowest BCUT2D eigenvalue weighted by molar-refractivity contribution is 0.0940. The van der Waals surface area contributed by atoms with Gasteiger partial charge in [0.1, 0.15) is 16.9 Å². The lowest BCUT2D eigenvalue weighted by Gasteiger charge is -2.14. The van der Waals surface area contributed by atoms with Crippen molar-refractivity contribution in [3.8, 4) is 0 Å². The van der Waals surface area contributed by atoms with E-state index in [9.17, 15) is 4.79 Å². The zero-order chi connectivity index (χ0) is 22.5. The van der Waals surface area contributed by atoms with Crippen LogP contribution in [0.1, 0.15) is 35.7 Å². The second-order valence-electron chi connectivity index (χ2n) is 8.04. The fourth-order valence-corrected chi connectivity index (χ4v) is 3.93. The Balaban J connectivity index is 1.63. The van der Waals surface area contributed by atoms with Crippen molar-refractivity contribution in [1.29, 1.82) is 0 Å². The number of amides is 1. The highest BCUT2D eigenvalue weighted by Gasteiger charge is 2.24. The number of nitrogens with two attached hydrogens (primary N) is 1. The third-order valence-corrected chi connectivity index (χ3v) is 5.64. The number of methoxy groups -OCH3 is 1. The number of para-hydroxylation sites is 2. The van der Waals surface area contributed by atoms with Crippen molar-refractivity contribution < 1.29 is 9.53 Å². The van der Waals surface area contributed by atoms with E-state index in [1.807, 2.05) is 54.0 Å². The third-order valence-electron chi connectivity index (χ3n) is 5.64. The van der Waals surface area contributed by atoms with Crippen molar-refractivity contribution in [2.45, 2.75) is 38.8 Å². The topological polar surface area (TPSA) is 95.1 Å². The standard InChI is InChI=1S/C25H29N5O2/c1-17(13-14-18-9-4-3-5-10-18)27-25(31)21-22-24(30(23(21)26)15-8-16-32-2)29-20-12-7-6-11-19(20)28-22/h3-7,9-12,17H,8,13-16,26H2,1-2H3,(H,27,31). The van der Waals surface area contributed by atoms with Gasteiger partial charge in [-0.15, -0.1) is 0 Å². The van der Waals surface area contributed by atoms with Crippen LogP contribution in [0.3, 0.4) is 0 Å². The summed E-state index contributed by atoms with van der Waals surface area (Å²) in [6, 6.07) is 17.9. The van der Waals surface area contributed by atoms with Crippen molar-refractivity contribution in [3.63, 3.8) is 0 Å². The molecular formula is C25H29N5O2. The molecule has 2 aromatic heterocycles. The van der Waals surface area contributed by atoms with Crippen LogP contribution in [-0.2, 0) is 17.7 Å². The number of carbonyl (C=O) groups excluding carboxylic acids is 1. The van der Waals surface area contributed by atoms with Gasteiger partial charge < -0.3 is 20.4 Å². The molecule has 0 saturated carbocycles. The van der Waals surface area contributed by atoms with Crippen molar-refractivity contribution in [2.75, 3.05) is 19.5 Å². The molecule has 0 fully saturated rings. The normalized spacial score (nSPS) is 12.3. The molecular weight excluding hydrogens is 402 g/mol. The number of anilines is 1. The van der Waals surface area contributed by atoms with Gasteiger partial charge in [-0.3, -0.25) is 4.79 Å². The average molecular weight is 432 g/mol. The van der Waals surface area contributed by atoms with E-state index in [4.69, 9.17) is 20.4 Å². The van der Waals surface area contributed by atoms with Crippen LogP contribution in [0, 0.1) is 0 Å². The minimum absolute atomic E-state index is 0.0117. The van der Waals surface area contributed by atoms with Crippen molar-refractivity contribution in [1.82, 2.24) is 19.9 Å². The number of hydrogen-bond acceptors (Lipinski definition) is 5. The Bertz CT molecular complexity index is 1220. The second kappa shape index (κ2) is 9.78. The van der Waals surface area contributed by atoms with Crippen molar-refractivity contribution in [2.24, 2.45) is 0 Å². The summed E-state index contributed by atoms with van der Waals surface area (Å²) in [6.07, 6.45) is 2.48. The van der Waals surface area contributed by atoms with Crippen LogP contribution in [0.15, 0.2) is 54.6 Å². The lowest BCUT2D eigenvalue weighted by Crippen LogP contribution is -2.33. The minimum atomic E-state index is -0.219. The van der Waals surface area contributed by atoms with Gasteiger partial charge in [-0.2, -0.15) is 0 Å². The Hall–Kier alpha value is -3.45. The molecule has 0 spiro atoms. The number of benzene rings is 2. The highest BCUT2D eigenvalue weighted by Crippen LogP contribution is 2.28. The Morgan fingerprint density at radius 1 is 1.09 bits per heavy atom. The highest BCUT2D eigenvalue weighted by atomic mass is 16.5. The molecule has 0 radical (unpaired) electrons. The van der Waals surface area contributed by atoms with Crippen LogP contribution in [0.2, 0.25) is 0 Å². The molecule has 4 rings (SSSR count). The summed E-state index contributed by atoms with van der Waals surface area (Å²) in [4.78, 5) is 22.8. The van der Waals surface area contributed by atoms with Crippen LogP contribution in [0.25, 0.3) is 22.2 Å². The summed E-state index contributed by atoms with van der Waals surface area (Å²) in [7, 11) is 1.67. The van der Waals surface area contributed by atoms with Gasteiger partial charge >= 0.3 is 0 Å². The summed E-state index contributed by atoms with van der Waals surface area (Å²) >= 11 is 0.